The summed E-state index contributed by atoms with van der Waals surface area (Å²) in [6.07, 6.45) is 0.0841. The van der Waals surface area contributed by atoms with Crippen LogP contribution >= 0.6 is 0 Å². The first-order chi connectivity index (χ1) is 8.00. The van der Waals surface area contributed by atoms with Gasteiger partial charge in [0, 0.05) is 17.5 Å². The van der Waals surface area contributed by atoms with Crippen molar-refractivity contribution in [1.82, 2.24) is 4.90 Å². The van der Waals surface area contributed by atoms with Crippen LogP contribution in [0.3, 0.4) is 0 Å². The van der Waals surface area contributed by atoms with Crippen LogP contribution in [0.15, 0.2) is 12.2 Å². The predicted octanol–water partition coefficient (Wildman–Crippen LogP) is 2.39. The molecule has 18 heavy (non-hydrogen) atoms. The lowest BCUT2D eigenvalue weighted by Crippen LogP contribution is -2.67. The van der Waals surface area contributed by atoms with Gasteiger partial charge in [0.15, 0.2) is 6.10 Å². The van der Waals surface area contributed by atoms with Crippen LogP contribution in [0, 0.1) is 5.41 Å². The molecule has 1 aliphatic heterocycles. The van der Waals surface area contributed by atoms with Crippen molar-refractivity contribution in [2.75, 3.05) is 7.05 Å². The second kappa shape index (κ2) is 4.50. The summed E-state index contributed by atoms with van der Waals surface area (Å²) in [5.41, 5.74) is 0.334. The fourth-order valence-electron chi connectivity index (χ4n) is 2.48. The van der Waals surface area contributed by atoms with Gasteiger partial charge in [0.2, 0.25) is 0 Å². The molecule has 0 bridgehead atoms. The molecular weight excluding hydrogens is 228 g/mol. The number of hydrogen-bond acceptors (Lipinski definition) is 4. The van der Waals surface area contributed by atoms with E-state index in [1.54, 1.807) is 6.92 Å². The summed E-state index contributed by atoms with van der Waals surface area (Å²) in [7, 11) is 2.01. The van der Waals surface area contributed by atoms with Gasteiger partial charge >= 0.3 is 5.97 Å². The first kappa shape index (κ1) is 14.9. The summed E-state index contributed by atoms with van der Waals surface area (Å²) in [5.74, 6) is -0.425. The molecule has 1 rings (SSSR count). The van der Waals surface area contributed by atoms with Crippen LogP contribution in [0.4, 0.5) is 0 Å². The van der Waals surface area contributed by atoms with E-state index in [1.807, 2.05) is 20.9 Å². The average molecular weight is 252 g/mol. The highest BCUT2D eigenvalue weighted by atomic mass is 16.5. The summed E-state index contributed by atoms with van der Waals surface area (Å²) in [6, 6.07) is 0. The molecule has 0 aromatic carbocycles. The molecular formula is C14H24N2O2. The number of carbonyl (C=O) groups is 1. The van der Waals surface area contributed by atoms with Gasteiger partial charge in [-0.15, -0.1) is 0 Å². The third-order valence-corrected chi connectivity index (χ3v) is 3.93. The Hall–Kier alpha value is -1.16. The van der Waals surface area contributed by atoms with E-state index >= 15 is 0 Å². The highest BCUT2D eigenvalue weighted by Gasteiger charge is 2.49. The van der Waals surface area contributed by atoms with Crippen LogP contribution in [0.25, 0.3) is 0 Å². The fourth-order valence-corrected chi connectivity index (χ4v) is 2.48. The van der Waals surface area contributed by atoms with Crippen molar-refractivity contribution < 1.29 is 9.53 Å². The van der Waals surface area contributed by atoms with Crippen molar-refractivity contribution in [3.8, 4) is 0 Å². The van der Waals surface area contributed by atoms with Crippen LogP contribution in [0.5, 0.6) is 0 Å². The van der Waals surface area contributed by atoms with Gasteiger partial charge in [-0.25, -0.2) is 4.79 Å². The lowest BCUT2D eigenvalue weighted by Gasteiger charge is -2.54. The third-order valence-electron chi connectivity index (χ3n) is 3.93. The molecule has 1 unspecified atom stereocenters. The van der Waals surface area contributed by atoms with E-state index in [9.17, 15) is 4.79 Å². The number of likely N-dealkylation sites (N-methyl/N-ethyl adjacent to an activating group) is 1. The van der Waals surface area contributed by atoms with E-state index in [2.05, 4.69) is 25.3 Å². The second-order valence-corrected chi connectivity index (χ2v) is 6.29. The minimum absolute atomic E-state index is 0.104. The number of hydrogen-bond donors (Lipinski definition) is 1. The number of likely N-dealkylation sites (tertiary alicyclic amines) is 1. The van der Waals surface area contributed by atoms with E-state index in [4.69, 9.17) is 10.1 Å². The highest BCUT2D eigenvalue weighted by molar-refractivity contribution is 5.94. The Balaban J connectivity index is 3.02. The average Bonchev–Trinajstić information content (AvgIpc) is 2.21. The molecule has 4 nitrogen and oxygen atoms in total. The maximum atomic E-state index is 11.7. The summed E-state index contributed by atoms with van der Waals surface area (Å²) < 4.78 is 5.44. The molecule has 0 aromatic heterocycles. The standard InChI is InChI=1S/C14H24N2O2/c1-9(2)12(17)18-11-10(15)8-13(3,4)16(7)14(11,5)6/h11,15H,1,8H2,2-7H3. The van der Waals surface area contributed by atoms with Gasteiger partial charge in [0.1, 0.15) is 0 Å². The SMILES string of the molecule is C=C(C)C(=O)OC1C(=N)CC(C)(C)N(C)C1(C)C. The smallest absolute Gasteiger partial charge is 0.333 e. The maximum Gasteiger partial charge on any atom is 0.333 e. The van der Waals surface area contributed by atoms with Crippen molar-refractivity contribution in [2.24, 2.45) is 0 Å². The Labute approximate surface area is 110 Å². The summed E-state index contributed by atoms with van der Waals surface area (Å²) in [6.45, 7) is 13.4. The van der Waals surface area contributed by atoms with E-state index < -0.39 is 17.6 Å². The Morgan fingerprint density at radius 1 is 1.44 bits per heavy atom. The Kier molecular flexibility index (Phi) is 3.73. The lowest BCUT2D eigenvalue weighted by atomic mass is 9.77. The van der Waals surface area contributed by atoms with Crippen LogP contribution in [0.2, 0.25) is 0 Å². The minimum Gasteiger partial charge on any atom is -0.451 e. The van der Waals surface area contributed by atoms with Crippen LogP contribution in [-0.4, -0.2) is 40.8 Å². The minimum atomic E-state index is -0.514. The molecule has 1 heterocycles. The number of nitrogens with one attached hydrogen (secondary N) is 1. The lowest BCUT2D eigenvalue weighted by molar-refractivity contribution is -0.150. The fraction of sp³-hybridized carbons (Fsp3) is 0.714. The normalized spacial score (nSPS) is 26.8. The Morgan fingerprint density at radius 3 is 2.39 bits per heavy atom. The molecule has 0 radical (unpaired) electrons. The highest BCUT2D eigenvalue weighted by Crippen LogP contribution is 2.36. The summed E-state index contributed by atoms with van der Waals surface area (Å²) >= 11 is 0. The van der Waals surface area contributed by atoms with Crippen molar-refractivity contribution in [3.63, 3.8) is 0 Å². The topological polar surface area (TPSA) is 53.4 Å². The number of esters is 1. The van der Waals surface area contributed by atoms with Crippen molar-refractivity contribution >= 4 is 11.7 Å². The molecule has 0 aromatic rings. The molecule has 1 aliphatic rings. The molecule has 1 N–H and O–H groups in total. The Bertz CT molecular complexity index is 397. The van der Waals surface area contributed by atoms with Gasteiger partial charge in [-0.05, 0) is 41.7 Å². The molecule has 1 saturated heterocycles. The zero-order valence-electron chi connectivity index (χ0n) is 12.3. The van der Waals surface area contributed by atoms with E-state index in [1.165, 1.54) is 0 Å². The zero-order chi connectivity index (χ0) is 14.3. The molecule has 0 spiro atoms. The number of rotatable bonds is 2. The van der Waals surface area contributed by atoms with Crippen molar-refractivity contribution in [3.05, 3.63) is 12.2 Å². The van der Waals surface area contributed by atoms with Gasteiger partial charge < -0.3 is 10.1 Å². The first-order valence-corrected chi connectivity index (χ1v) is 6.18. The number of ether oxygens (including phenoxy) is 1. The van der Waals surface area contributed by atoms with Crippen LogP contribution in [0.1, 0.15) is 41.0 Å². The van der Waals surface area contributed by atoms with E-state index in [-0.39, 0.29) is 5.54 Å². The zero-order valence-corrected chi connectivity index (χ0v) is 12.3. The van der Waals surface area contributed by atoms with Gasteiger partial charge in [0.25, 0.3) is 0 Å². The number of nitrogens with zero attached hydrogens (tertiary/aromatic N) is 1. The summed E-state index contributed by atoms with van der Waals surface area (Å²) in [5, 5.41) is 8.15. The predicted molar refractivity (Wildman–Crippen MR) is 73.0 cm³/mol. The van der Waals surface area contributed by atoms with E-state index in [0.29, 0.717) is 17.7 Å². The van der Waals surface area contributed by atoms with Gasteiger partial charge in [0.05, 0.1) is 11.3 Å². The number of piperidine rings is 1. The largest absolute Gasteiger partial charge is 0.451 e. The molecule has 1 fully saturated rings. The van der Waals surface area contributed by atoms with Gasteiger partial charge in [-0.3, -0.25) is 4.90 Å². The van der Waals surface area contributed by atoms with Crippen molar-refractivity contribution in [1.29, 1.82) is 5.41 Å². The van der Waals surface area contributed by atoms with Crippen LogP contribution in [-0.2, 0) is 9.53 Å². The first-order valence-electron chi connectivity index (χ1n) is 6.18. The third kappa shape index (κ3) is 2.48. The summed E-state index contributed by atoms with van der Waals surface area (Å²) in [4.78, 5) is 13.9. The quantitative estimate of drug-likeness (QED) is 0.606. The van der Waals surface area contributed by atoms with Gasteiger partial charge in [-0.1, -0.05) is 6.58 Å². The molecule has 0 amide bonds. The van der Waals surface area contributed by atoms with Gasteiger partial charge in [-0.2, -0.15) is 0 Å². The molecule has 0 aliphatic carbocycles. The molecule has 4 heteroatoms. The molecule has 1 atom stereocenters. The monoisotopic (exact) mass is 252 g/mol. The van der Waals surface area contributed by atoms with E-state index in [0.717, 1.165) is 0 Å². The number of carbonyl (C=O) groups excluding carboxylic acids is 1. The maximum absolute atomic E-state index is 11.7. The Morgan fingerprint density at radius 2 is 1.94 bits per heavy atom. The second-order valence-electron chi connectivity index (χ2n) is 6.29. The van der Waals surface area contributed by atoms with Crippen molar-refractivity contribution in [2.45, 2.75) is 58.2 Å². The van der Waals surface area contributed by atoms with Crippen LogP contribution < -0.4 is 0 Å². The molecule has 0 saturated carbocycles. The molecule has 102 valence electrons.